The van der Waals surface area contributed by atoms with E-state index in [1.54, 1.807) is 18.2 Å². The lowest BCUT2D eigenvalue weighted by Gasteiger charge is -2.07. The molecule has 1 aromatic carbocycles. The minimum atomic E-state index is -0.378. The number of nitrogens with zero attached hydrogens (tertiary/aromatic N) is 1. The molecule has 4 nitrogen and oxygen atoms in total. The van der Waals surface area contributed by atoms with Gasteiger partial charge in [0.05, 0.1) is 4.92 Å². The smallest absolute Gasteiger partial charge is 0.270 e. The van der Waals surface area contributed by atoms with Crippen LogP contribution in [0.25, 0.3) is 0 Å². The molecule has 0 spiro atoms. The Morgan fingerprint density at radius 3 is 2.70 bits per heavy atom. The molecule has 0 fully saturated rings. The number of non-ortho nitro benzene ring substituents is 1. The number of hydrogen-bond donors (Lipinski definition) is 1. The molecule has 20 heavy (non-hydrogen) atoms. The quantitative estimate of drug-likeness (QED) is 0.382. The van der Waals surface area contributed by atoms with Crippen LogP contribution in [0.3, 0.4) is 0 Å². The number of nitro groups is 1. The fraction of sp³-hybridized carbons (Fsp3) is 0.571. The van der Waals surface area contributed by atoms with Gasteiger partial charge < -0.3 is 5.32 Å². The van der Waals surface area contributed by atoms with Crippen LogP contribution in [0, 0.1) is 10.1 Å². The lowest BCUT2D eigenvalue weighted by atomic mass is 10.2. The largest absolute Gasteiger partial charge is 0.313 e. The van der Waals surface area contributed by atoms with Gasteiger partial charge in [-0.2, -0.15) is 11.8 Å². The zero-order valence-corrected chi connectivity index (χ0v) is 14.1. The molecule has 0 aromatic heterocycles. The molecule has 0 heterocycles. The predicted molar refractivity (Wildman–Crippen MR) is 89.4 cm³/mol. The second kappa shape index (κ2) is 10.2. The highest BCUT2D eigenvalue weighted by Crippen LogP contribution is 2.22. The van der Waals surface area contributed by atoms with E-state index in [1.807, 2.05) is 11.8 Å². The second-order valence-electron chi connectivity index (χ2n) is 4.62. The van der Waals surface area contributed by atoms with Gasteiger partial charge in [-0.1, -0.05) is 28.8 Å². The molecule has 1 N–H and O–H groups in total. The molecule has 0 bridgehead atoms. The van der Waals surface area contributed by atoms with Crippen LogP contribution < -0.4 is 5.32 Å². The van der Waals surface area contributed by atoms with Crippen molar-refractivity contribution < 1.29 is 4.92 Å². The molecule has 0 aliphatic carbocycles. The molecule has 1 aromatic rings. The number of nitro benzene ring substituents is 1. The van der Waals surface area contributed by atoms with E-state index in [2.05, 4.69) is 27.5 Å². The van der Waals surface area contributed by atoms with Crippen LogP contribution in [0.4, 0.5) is 5.69 Å². The van der Waals surface area contributed by atoms with E-state index < -0.39 is 0 Å². The Labute approximate surface area is 133 Å². The van der Waals surface area contributed by atoms with E-state index in [0.29, 0.717) is 0 Å². The fourth-order valence-corrected chi connectivity index (χ4v) is 2.87. The van der Waals surface area contributed by atoms with Crippen molar-refractivity contribution in [1.29, 1.82) is 0 Å². The summed E-state index contributed by atoms with van der Waals surface area (Å²) in [7, 11) is 0. The Kier molecular flexibility index (Phi) is 8.89. The molecular formula is C14H21BrN2O2S. The highest BCUT2D eigenvalue weighted by Gasteiger charge is 2.08. The molecule has 0 radical (unpaired) electrons. The number of unbranched alkanes of at least 4 members (excludes halogenated alkanes) is 3. The molecule has 1 rings (SSSR count). The number of halogens is 1. The van der Waals surface area contributed by atoms with Crippen molar-refractivity contribution in [2.45, 2.75) is 32.2 Å². The first-order valence-electron chi connectivity index (χ1n) is 6.77. The van der Waals surface area contributed by atoms with E-state index in [1.165, 1.54) is 31.4 Å². The van der Waals surface area contributed by atoms with Crippen LogP contribution in [0.5, 0.6) is 0 Å². The van der Waals surface area contributed by atoms with Gasteiger partial charge in [-0.05, 0) is 43.0 Å². The average Bonchev–Trinajstić information content (AvgIpc) is 2.43. The third-order valence-electron chi connectivity index (χ3n) is 3.01. The average molecular weight is 361 g/mol. The van der Waals surface area contributed by atoms with Gasteiger partial charge in [-0.3, -0.25) is 10.1 Å². The summed E-state index contributed by atoms with van der Waals surface area (Å²) in [5.41, 5.74) is 1.17. The number of rotatable bonds is 10. The summed E-state index contributed by atoms with van der Waals surface area (Å²) in [5, 5.41) is 14.0. The number of nitrogens with one attached hydrogen (secondary N) is 1. The van der Waals surface area contributed by atoms with Crippen LogP contribution in [-0.2, 0) is 6.54 Å². The minimum Gasteiger partial charge on any atom is -0.313 e. The molecule has 0 unspecified atom stereocenters. The monoisotopic (exact) mass is 360 g/mol. The Hall–Kier alpha value is -0.590. The van der Waals surface area contributed by atoms with Gasteiger partial charge in [-0.25, -0.2) is 0 Å². The van der Waals surface area contributed by atoms with Crippen molar-refractivity contribution >= 4 is 33.4 Å². The SMILES string of the molecule is CSCCCCCCNCc1ccc([N+](=O)[O-])cc1Br. The third kappa shape index (κ3) is 6.72. The maximum absolute atomic E-state index is 10.6. The highest BCUT2D eigenvalue weighted by molar-refractivity contribution is 9.10. The zero-order chi connectivity index (χ0) is 14.8. The molecule has 0 saturated heterocycles. The van der Waals surface area contributed by atoms with Crippen LogP contribution in [0.15, 0.2) is 22.7 Å². The van der Waals surface area contributed by atoms with Gasteiger partial charge in [0.1, 0.15) is 0 Å². The minimum absolute atomic E-state index is 0.120. The number of thioether (sulfide) groups is 1. The Morgan fingerprint density at radius 1 is 1.30 bits per heavy atom. The topological polar surface area (TPSA) is 55.2 Å². The number of hydrogen-bond acceptors (Lipinski definition) is 4. The first-order valence-corrected chi connectivity index (χ1v) is 8.96. The van der Waals surface area contributed by atoms with Crippen molar-refractivity contribution in [2.75, 3.05) is 18.6 Å². The van der Waals surface area contributed by atoms with Crippen molar-refractivity contribution in [3.63, 3.8) is 0 Å². The summed E-state index contributed by atoms with van der Waals surface area (Å²) < 4.78 is 0.791. The fourth-order valence-electron chi connectivity index (χ4n) is 1.87. The maximum atomic E-state index is 10.6. The van der Waals surface area contributed by atoms with Crippen LogP contribution in [0.1, 0.15) is 31.2 Å². The molecule has 0 amide bonds. The van der Waals surface area contributed by atoms with E-state index in [0.717, 1.165) is 23.1 Å². The summed E-state index contributed by atoms with van der Waals surface area (Å²) >= 11 is 5.28. The molecule has 0 saturated carbocycles. The normalized spacial score (nSPS) is 10.7. The Morgan fingerprint density at radius 2 is 2.05 bits per heavy atom. The first-order chi connectivity index (χ1) is 9.65. The maximum Gasteiger partial charge on any atom is 0.270 e. The lowest BCUT2D eigenvalue weighted by Crippen LogP contribution is -2.15. The van der Waals surface area contributed by atoms with Gasteiger partial charge in [0.15, 0.2) is 0 Å². The second-order valence-corrected chi connectivity index (χ2v) is 6.46. The van der Waals surface area contributed by atoms with Crippen LogP contribution in [-0.4, -0.2) is 23.5 Å². The van der Waals surface area contributed by atoms with Crippen LogP contribution in [0.2, 0.25) is 0 Å². The van der Waals surface area contributed by atoms with Gasteiger partial charge in [0.2, 0.25) is 0 Å². The molecule has 0 atom stereocenters. The highest BCUT2D eigenvalue weighted by atomic mass is 79.9. The summed E-state index contributed by atoms with van der Waals surface area (Å²) in [6.45, 7) is 1.73. The molecule has 0 aliphatic rings. The molecular weight excluding hydrogens is 340 g/mol. The zero-order valence-electron chi connectivity index (χ0n) is 11.7. The third-order valence-corrected chi connectivity index (χ3v) is 4.45. The molecule has 0 aliphatic heterocycles. The Balaban J connectivity index is 2.20. The van der Waals surface area contributed by atoms with Gasteiger partial charge in [-0.15, -0.1) is 0 Å². The van der Waals surface area contributed by atoms with E-state index >= 15 is 0 Å². The van der Waals surface area contributed by atoms with Crippen molar-refractivity contribution in [3.8, 4) is 0 Å². The lowest BCUT2D eigenvalue weighted by molar-refractivity contribution is -0.384. The predicted octanol–water partition coefficient (Wildman–Crippen LogP) is 4.37. The Bertz CT molecular complexity index is 430. The van der Waals surface area contributed by atoms with E-state index in [4.69, 9.17) is 0 Å². The first kappa shape index (κ1) is 17.5. The van der Waals surface area contributed by atoms with Gasteiger partial charge in [0, 0.05) is 23.2 Å². The summed E-state index contributed by atoms with van der Waals surface area (Å²) in [6.07, 6.45) is 7.18. The standard InChI is InChI=1S/C14H21BrN2O2S/c1-20-9-5-3-2-4-8-16-11-12-6-7-13(17(18)19)10-14(12)15/h6-7,10,16H,2-5,8-9,11H2,1H3. The van der Waals surface area contributed by atoms with E-state index in [-0.39, 0.29) is 10.6 Å². The summed E-state index contributed by atoms with van der Waals surface area (Å²) in [6, 6.07) is 4.90. The molecule has 112 valence electrons. The van der Waals surface area contributed by atoms with E-state index in [9.17, 15) is 10.1 Å². The number of benzene rings is 1. The summed E-state index contributed by atoms with van der Waals surface area (Å²) in [5.74, 6) is 1.25. The van der Waals surface area contributed by atoms with Crippen molar-refractivity contribution in [1.82, 2.24) is 5.32 Å². The molecule has 6 heteroatoms. The van der Waals surface area contributed by atoms with Crippen molar-refractivity contribution in [3.05, 3.63) is 38.3 Å². The van der Waals surface area contributed by atoms with Gasteiger partial charge >= 0.3 is 0 Å². The van der Waals surface area contributed by atoms with Crippen LogP contribution >= 0.6 is 27.7 Å². The van der Waals surface area contributed by atoms with Gasteiger partial charge in [0.25, 0.3) is 5.69 Å². The summed E-state index contributed by atoms with van der Waals surface area (Å²) in [4.78, 5) is 10.3. The van der Waals surface area contributed by atoms with Crippen molar-refractivity contribution in [2.24, 2.45) is 0 Å².